The lowest BCUT2D eigenvalue weighted by atomic mass is 10.1. The third kappa shape index (κ3) is 2.62. The fraction of sp³-hybridized carbons (Fsp3) is 0.500. The minimum atomic E-state index is -2.91. The number of halogens is 2. The van der Waals surface area contributed by atoms with Gasteiger partial charge >= 0.3 is 0 Å². The summed E-state index contributed by atoms with van der Waals surface area (Å²) in [5.74, 6) is -2.63. The molecule has 0 fully saturated rings. The fourth-order valence-corrected chi connectivity index (χ4v) is 1.35. The van der Waals surface area contributed by atoms with E-state index in [2.05, 4.69) is 4.98 Å². The Morgan fingerprint density at radius 3 is 2.67 bits per heavy atom. The Balaban J connectivity index is 3.12. The van der Waals surface area contributed by atoms with Crippen LogP contribution in [0.5, 0.6) is 0 Å². The minimum Gasteiger partial charge on any atom is -0.362 e. The average Bonchev–Trinajstić information content (AvgIpc) is 2.17. The molecule has 0 saturated carbocycles. The Morgan fingerprint density at radius 2 is 2.13 bits per heavy atom. The second kappa shape index (κ2) is 4.53. The van der Waals surface area contributed by atoms with Crippen LogP contribution in [0.3, 0.4) is 0 Å². The number of alkyl halides is 2. The van der Waals surface area contributed by atoms with Gasteiger partial charge in [-0.2, -0.15) is 0 Å². The van der Waals surface area contributed by atoms with Crippen LogP contribution in [0.1, 0.15) is 12.0 Å². The summed E-state index contributed by atoms with van der Waals surface area (Å²) in [6.45, 7) is -0.0469. The van der Waals surface area contributed by atoms with Gasteiger partial charge in [0, 0.05) is 26.7 Å². The molecule has 0 unspecified atom stereocenters. The smallest absolute Gasteiger partial charge is 0.278 e. The van der Waals surface area contributed by atoms with E-state index in [0.717, 1.165) is 0 Å². The van der Waals surface area contributed by atoms with Gasteiger partial charge in [-0.05, 0) is 18.7 Å². The summed E-state index contributed by atoms with van der Waals surface area (Å²) in [5.41, 5.74) is 5.10. The number of anilines is 1. The van der Waals surface area contributed by atoms with E-state index in [1.807, 2.05) is 0 Å². The highest BCUT2D eigenvalue weighted by atomic mass is 19.3. The topological polar surface area (TPSA) is 42.2 Å². The predicted octanol–water partition coefficient (Wildman–Crippen LogP) is 1.59. The third-order valence-electron chi connectivity index (χ3n) is 2.06. The van der Waals surface area contributed by atoms with Gasteiger partial charge in [0.2, 0.25) is 0 Å². The van der Waals surface area contributed by atoms with E-state index in [1.165, 1.54) is 18.3 Å². The Bertz CT molecular complexity index is 326. The zero-order chi connectivity index (χ0) is 11.5. The fourth-order valence-electron chi connectivity index (χ4n) is 1.35. The van der Waals surface area contributed by atoms with Crippen molar-refractivity contribution in [2.75, 3.05) is 25.5 Å². The molecule has 1 aromatic heterocycles. The Hall–Kier alpha value is -1.23. The van der Waals surface area contributed by atoms with Gasteiger partial charge in [-0.3, -0.25) is 0 Å². The summed E-state index contributed by atoms with van der Waals surface area (Å²) in [7, 11) is 3.37. The summed E-state index contributed by atoms with van der Waals surface area (Å²) >= 11 is 0. The summed E-state index contributed by atoms with van der Waals surface area (Å²) in [5, 5.41) is 0. The molecule has 0 aliphatic heterocycles. The molecule has 0 aliphatic rings. The molecule has 1 heterocycles. The molecule has 0 bridgehead atoms. The van der Waals surface area contributed by atoms with Crippen molar-refractivity contribution in [1.82, 2.24) is 4.98 Å². The highest BCUT2D eigenvalue weighted by molar-refractivity contribution is 5.47. The molecule has 15 heavy (non-hydrogen) atoms. The van der Waals surface area contributed by atoms with Crippen LogP contribution in [0.15, 0.2) is 18.3 Å². The van der Waals surface area contributed by atoms with Crippen LogP contribution in [-0.2, 0) is 5.92 Å². The molecule has 5 heteroatoms. The number of hydrogen-bond acceptors (Lipinski definition) is 3. The summed E-state index contributed by atoms with van der Waals surface area (Å²) in [6.07, 6.45) is 1.14. The van der Waals surface area contributed by atoms with Crippen LogP contribution < -0.4 is 10.6 Å². The first-order valence-corrected chi connectivity index (χ1v) is 4.69. The van der Waals surface area contributed by atoms with E-state index in [4.69, 9.17) is 5.73 Å². The lowest BCUT2D eigenvalue weighted by molar-refractivity contribution is -0.0104. The van der Waals surface area contributed by atoms with Crippen LogP contribution in [0.4, 0.5) is 14.6 Å². The van der Waals surface area contributed by atoms with Crippen molar-refractivity contribution in [2.24, 2.45) is 5.73 Å². The van der Waals surface area contributed by atoms with E-state index in [-0.39, 0.29) is 24.3 Å². The second-order valence-electron chi connectivity index (χ2n) is 3.51. The monoisotopic (exact) mass is 215 g/mol. The first-order chi connectivity index (χ1) is 6.99. The minimum absolute atomic E-state index is 0.0469. The first kappa shape index (κ1) is 11.8. The van der Waals surface area contributed by atoms with Crippen molar-refractivity contribution >= 4 is 5.82 Å². The van der Waals surface area contributed by atoms with Crippen LogP contribution in [0.25, 0.3) is 0 Å². The quantitative estimate of drug-likeness (QED) is 0.829. The molecular formula is C10H15F2N3. The van der Waals surface area contributed by atoms with Crippen LogP contribution in [0.2, 0.25) is 0 Å². The second-order valence-corrected chi connectivity index (χ2v) is 3.51. The van der Waals surface area contributed by atoms with Gasteiger partial charge in [0.05, 0.1) is 5.56 Å². The summed E-state index contributed by atoms with van der Waals surface area (Å²) < 4.78 is 27.3. The molecule has 0 atom stereocenters. The maximum absolute atomic E-state index is 13.6. The molecule has 0 aromatic carbocycles. The maximum atomic E-state index is 13.6. The van der Waals surface area contributed by atoms with E-state index in [0.29, 0.717) is 0 Å². The lowest BCUT2D eigenvalue weighted by Gasteiger charge is -2.22. The summed E-state index contributed by atoms with van der Waals surface area (Å²) in [6, 6.07) is 2.89. The lowest BCUT2D eigenvalue weighted by Crippen LogP contribution is -2.23. The van der Waals surface area contributed by atoms with Crippen LogP contribution in [-0.4, -0.2) is 25.6 Å². The average molecular weight is 215 g/mol. The van der Waals surface area contributed by atoms with Crippen molar-refractivity contribution in [3.05, 3.63) is 23.9 Å². The van der Waals surface area contributed by atoms with Gasteiger partial charge in [0.1, 0.15) is 5.82 Å². The van der Waals surface area contributed by atoms with E-state index in [1.54, 1.807) is 19.0 Å². The largest absolute Gasteiger partial charge is 0.362 e. The van der Waals surface area contributed by atoms with E-state index in [9.17, 15) is 8.78 Å². The van der Waals surface area contributed by atoms with Crippen molar-refractivity contribution in [3.8, 4) is 0 Å². The summed E-state index contributed by atoms with van der Waals surface area (Å²) in [4.78, 5) is 5.50. The number of rotatable bonds is 4. The molecule has 1 aromatic rings. The zero-order valence-electron chi connectivity index (χ0n) is 8.87. The zero-order valence-corrected chi connectivity index (χ0v) is 8.87. The Labute approximate surface area is 87.9 Å². The first-order valence-electron chi connectivity index (χ1n) is 4.69. The number of pyridine rings is 1. The number of aromatic nitrogens is 1. The predicted molar refractivity (Wildman–Crippen MR) is 56.1 cm³/mol. The van der Waals surface area contributed by atoms with Crippen LogP contribution >= 0.6 is 0 Å². The molecule has 1 rings (SSSR count). The molecule has 0 radical (unpaired) electrons. The van der Waals surface area contributed by atoms with Crippen molar-refractivity contribution in [3.63, 3.8) is 0 Å². The SMILES string of the molecule is CN(C)c1ncccc1C(F)(F)CCN. The molecular weight excluding hydrogens is 200 g/mol. The van der Waals surface area contributed by atoms with E-state index >= 15 is 0 Å². The van der Waals surface area contributed by atoms with Gasteiger partial charge in [-0.25, -0.2) is 13.8 Å². The number of nitrogens with zero attached hydrogens (tertiary/aromatic N) is 2. The Morgan fingerprint density at radius 1 is 1.47 bits per heavy atom. The van der Waals surface area contributed by atoms with Gasteiger partial charge in [-0.1, -0.05) is 0 Å². The highest BCUT2D eigenvalue weighted by Gasteiger charge is 2.34. The Kier molecular flexibility index (Phi) is 3.57. The maximum Gasteiger partial charge on any atom is 0.278 e. The van der Waals surface area contributed by atoms with Crippen molar-refractivity contribution in [2.45, 2.75) is 12.3 Å². The number of hydrogen-bond donors (Lipinski definition) is 1. The molecule has 0 amide bonds. The molecule has 0 spiro atoms. The van der Waals surface area contributed by atoms with Gasteiger partial charge in [-0.15, -0.1) is 0 Å². The number of nitrogens with two attached hydrogens (primary N) is 1. The normalized spacial score (nSPS) is 11.5. The van der Waals surface area contributed by atoms with Gasteiger partial charge in [0.25, 0.3) is 5.92 Å². The van der Waals surface area contributed by atoms with Crippen LogP contribution in [0, 0.1) is 0 Å². The standard InChI is InChI=1S/C10H15F2N3/c1-15(2)9-8(4-3-7-14-9)10(11,12)5-6-13/h3-4,7H,5-6,13H2,1-2H3. The molecule has 0 saturated heterocycles. The van der Waals surface area contributed by atoms with Crippen molar-refractivity contribution < 1.29 is 8.78 Å². The van der Waals surface area contributed by atoms with Crippen molar-refractivity contribution in [1.29, 1.82) is 0 Å². The molecule has 3 nitrogen and oxygen atoms in total. The van der Waals surface area contributed by atoms with Gasteiger partial charge < -0.3 is 10.6 Å². The van der Waals surface area contributed by atoms with Gasteiger partial charge in [0.15, 0.2) is 0 Å². The molecule has 2 N–H and O–H groups in total. The highest BCUT2D eigenvalue weighted by Crippen LogP contribution is 2.35. The molecule has 0 aliphatic carbocycles. The molecule has 84 valence electrons. The third-order valence-corrected chi connectivity index (χ3v) is 2.06. The van der Waals surface area contributed by atoms with E-state index < -0.39 is 5.92 Å².